The van der Waals surface area contributed by atoms with Crippen LogP contribution in [0.15, 0.2) is 6.20 Å². The molecule has 0 saturated heterocycles. The first-order valence-electron chi connectivity index (χ1n) is 4.12. The van der Waals surface area contributed by atoms with Gasteiger partial charge in [-0.25, -0.2) is 13.6 Å². The van der Waals surface area contributed by atoms with Gasteiger partial charge in [0.2, 0.25) is 0 Å². The molecule has 0 spiro atoms. The number of rotatable bonds is 3. The van der Waals surface area contributed by atoms with Crippen molar-refractivity contribution < 1.29 is 18.3 Å². The molecule has 1 aromatic rings. The molecule has 7 heteroatoms. The highest BCUT2D eigenvalue weighted by atomic mass is 127. The lowest BCUT2D eigenvalue weighted by molar-refractivity contribution is 0.0588. The van der Waals surface area contributed by atoms with E-state index >= 15 is 0 Å². The van der Waals surface area contributed by atoms with Gasteiger partial charge in [-0.3, -0.25) is 4.98 Å². The van der Waals surface area contributed by atoms with Crippen molar-refractivity contribution in [1.82, 2.24) is 4.98 Å². The summed E-state index contributed by atoms with van der Waals surface area (Å²) in [6, 6.07) is 0. The molecule has 0 aliphatic carbocycles. The Labute approximate surface area is 113 Å². The van der Waals surface area contributed by atoms with Crippen LogP contribution in [-0.2, 0) is 10.1 Å². The number of carbonyl (C=O) groups is 1. The number of halogens is 4. The standard InChI is InChI=1S/C9H7BrF2INO2/c1-16-9(15)4-3-14-5(2-10)7(13)6(4)8(11)12/h3,8H,2H2,1H3. The Morgan fingerprint density at radius 2 is 2.31 bits per heavy atom. The number of esters is 1. The summed E-state index contributed by atoms with van der Waals surface area (Å²) in [4.78, 5) is 15.2. The summed E-state index contributed by atoms with van der Waals surface area (Å²) < 4.78 is 30.4. The van der Waals surface area contributed by atoms with Crippen molar-refractivity contribution in [2.75, 3.05) is 7.11 Å². The lowest BCUT2D eigenvalue weighted by atomic mass is 10.1. The summed E-state index contributed by atoms with van der Waals surface area (Å²) in [6.45, 7) is 0. The van der Waals surface area contributed by atoms with Gasteiger partial charge < -0.3 is 4.74 Å². The van der Waals surface area contributed by atoms with Gasteiger partial charge >= 0.3 is 5.97 Å². The van der Waals surface area contributed by atoms with E-state index in [9.17, 15) is 13.6 Å². The third kappa shape index (κ3) is 2.68. The third-order valence-electron chi connectivity index (χ3n) is 1.88. The van der Waals surface area contributed by atoms with E-state index in [1.54, 1.807) is 22.6 Å². The Hall–Kier alpha value is -0.310. The third-order valence-corrected chi connectivity index (χ3v) is 3.61. The predicted molar refractivity (Wildman–Crippen MR) is 65.9 cm³/mol. The maximum absolute atomic E-state index is 12.8. The average Bonchev–Trinajstić information content (AvgIpc) is 2.26. The van der Waals surface area contributed by atoms with Gasteiger partial charge in [-0.05, 0) is 22.6 Å². The van der Waals surface area contributed by atoms with Crippen molar-refractivity contribution in [3.63, 3.8) is 0 Å². The van der Waals surface area contributed by atoms with Gasteiger partial charge in [0.05, 0.1) is 18.4 Å². The Morgan fingerprint density at radius 1 is 1.69 bits per heavy atom. The first-order chi connectivity index (χ1) is 7.52. The molecule has 88 valence electrons. The number of hydrogen-bond donors (Lipinski definition) is 0. The molecule has 0 aliphatic heterocycles. The van der Waals surface area contributed by atoms with Crippen molar-refractivity contribution in [1.29, 1.82) is 0 Å². The zero-order valence-electron chi connectivity index (χ0n) is 8.14. The van der Waals surface area contributed by atoms with Gasteiger partial charge in [-0.15, -0.1) is 0 Å². The van der Waals surface area contributed by atoms with E-state index in [1.165, 1.54) is 0 Å². The van der Waals surface area contributed by atoms with E-state index in [1.807, 2.05) is 0 Å². The second-order valence-electron chi connectivity index (χ2n) is 2.77. The van der Waals surface area contributed by atoms with Gasteiger partial charge in [0.15, 0.2) is 0 Å². The fourth-order valence-electron chi connectivity index (χ4n) is 1.12. The lowest BCUT2D eigenvalue weighted by Gasteiger charge is -2.11. The quantitative estimate of drug-likeness (QED) is 0.440. The Bertz CT molecular complexity index is 415. The molecule has 0 atom stereocenters. The van der Waals surface area contributed by atoms with Crippen LogP contribution in [0.1, 0.15) is 28.0 Å². The van der Waals surface area contributed by atoms with Crippen LogP contribution < -0.4 is 0 Å². The Kier molecular flexibility index (Phi) is 5.03. The second-order valence-corrected chi connectivity index (χ2v) is 4.41. The normalized spacial score (nSPS) is 10.6. The highest BCUT2D eigenvalue weighted by molar-refractivity contribution is 14.1. The topological polar surface area (TPSA) is 39.2 Å². The first kappa shape index (κ1) is 13.8. The Morgan fingerprint density at radius 3 is 2.75 bits per heavy atom. The van der Waals surface area contributed by atoms with Gasteiger partial charge in [-0.1, -0.05) is 15.9 Å². The zero-order valence-corrected chi connectivity index (χ0v) is 11.9. The molecule has 0 N–H and O–H groups in total. The number of aromatic nitrogens is 1. The van der Waals surface area contributed by atoms with E-state index in [2.05, 4.69) is 25.7 Å². The molecule has 1 rings (SSSR count). The molecule has 0 saturated carbocycles. The molecule has 0 amide bonds. The van der Waals surface area contributed by atoms with Crippen molar-refractivity contribution in [2.24, 2.45) is 0 Å². The number of methoxy groups -OCH3 is 1. The lowest BCUT2D eigenvalue weighted by Crippen LogP contribution is -2.10. The molecule has 0 unspecified atom stereocenters. The van der Waals surface area contributed by atoms with Crippen LogP contribution >= 0.6 is 38.5 Å². The summed E-state index contributed by atoms with van der Waals surface area (Å²) >= 11 is 4.89. The smallest absolute Gasteiger partial charge is 0.339 e. The van der Waals surface area contributed by atoms with E-state index in [0.29, 0.717) is 11.0 Å². The molecule has 1 aromatic heterocycles. The molecular formula is C9H7BrF2INO2. The van der Waals surface area contributed by atoms with E-state index in [0.717, 1.165) is 13.3 Å². The molecular weight excluding hydrogens is 399 g/mol. The average molecular weight is 406 g/mol. The van der Waals surface area contributed by atoms with Gasteiger partial charge in [0.1, 0.15) is 0 Å². The maximum atomic E-state index is 12.8. The summed E-state index contributed by atoms with van der Waals surface area (Å²) in [5.74, 6) is -0.804. The van der Waals surface area contributed by atoms with Crippen molar-refractivity contribution in [2.45, 2.75) is 11.8 Å². The number of carbonyl (C=O) groups excluding carboxylic acids is 1. The van der Waals surface area contributed by atoms with E-state index in [4.69, 9.17) is 0 Å². The monoisotopic (exact) mass is 405 g/mol. The second kappa shape index (κ2) is 5.85. The molecule has 3 nitrogen and oxygen atoms in total. The fourth-order valence-corrected chi connectivity index (χ4v) is 2.93. The molecule has 16 heavy (non-hydrogen) atoms. The molecule has 0 aromatic carbocycles. The summed E-state index contributed by atoms with van der Waals surface area (Å²) in [7, 11) is 1.14. The Balaban J connectivity index is 3.40. The first-order valence-corrected chi connectivity index (χ1v) is 6.32. The minimum Gasteiger partial charge on any atom is -0.465 e. The zero-order chi connectivity index (χ0) is 12.3. The number of nitrogens with zero attached hydrogens (tertiary/aromatic N) is 1. The SMILES string of the molecule is COC(=O)c1cnc(CBr)c(I)c1C(F)F. The van der Waals surface area contributed by atoms with Gasteiger partial charge in [0, 0.05) is 20.7 Å². The number of hydrogen-bond acceptors (Lipinski definition) is 3. The van der Waals surface area contributed by atoms with Gasteiger partial charge in [-0.2, -0.15) is 0 Å². The van der Waals surface area contributed by atoms with Crippen LogP contribution in [0, 0.1) is 3.57 Å². The van der Waals surface area contributed by atoms with Crippen molar-refractivity contribution in [3.05, 3.63) is 26.6 Å². The minimum atomic E-state index is -2.73. The van der Waals surface area contributed by atoms with Crippen LogP contribution in [-0.4, -0.2) is 18.1 Å². The van der Waals surface area contributed by atoms with Crippen LogP contribution in [0.3, 0.4) is 0 Å². The molecule has 0 radical (unpaired) electrons. The number of alkyl halides is 3. The fraction of sp³-hybridized carbons (Fsp3) is 0.333. The highest BCUT2D eigenvalue weighted by Crippen LogP contribution is 2.30. The molecule has 0 bridgehead atoms. The van der Waals surface area contributed by atoms with E-state index < -0.39 is 12.4 Å². The van der Waals surface area contributed by atoms with E-state index in [-0.39, 0.29) is 14.7 Å². The van der Waals surface area contributed by atoms with Crippen LogP contribution in [0.5, 0.6) is 0 Å². The van der Waals surface area contributed by atoms with Crippen LogP contribution in [0.4, 0.5) is 8.78 Å². The highest BCUT2D eigenvalue weighted by Gasteiger charge is 2.24. The summed E-state index contributed by atoms with van der Waals surface area (Å²) in [6.07, 6.45) is -1.62. The molecule has 0 fully saturated rings. The molecule has 1 heterocycles. The number of ether oxygens (including phenoxy) is 1. The summed E-state index contributed by atoms with van der Waals surface area (Å²) in [5.41, 5.74) is -0.0351. The maximum Gasteiger partial charge on any atom is 0.339 e. The van der Waals surface area contributed by atoms with Crippen molar-refractivity contribution in [3.8, 4) is 0 Å². The number of pyridine rings is 1. The largest absolute Gasteiger partial charge is 0.465 e. The van der Waals surface area contributed by atoms with Crippen LogP contribution in [0.25, 0.3) is 0 Å². The predicted octanol–water partition coefficient (Wildman–Crippen LogP) is 3.31. The summed E-state index contributed by atoms with van der Waals surface area (Å²) in [5, 5.41) is 0.354. The van der Waals surface area contributed by atoms with Crippen molar-refractivity contribution >= 4 is 44.5 Å². The van der Waals surface area contributed by atoms with Gasteiger partial charge in [0.25, 0.3) is 6.43 Å². The van der Waals surface area contributed by atoms with Crippen LogP contribution in [0.2, 0.25) is 0 Å². The minimum absolute atomic E-state index is 0.188. The molecule has 0 aliphatic rings.